The molecule has 2 atom stereocenters. The molecule has 2 nitrogen and oxygen atoms in total. The molecule has 0 aromatic rings. The molecule has 1 saturated heterocycles. The molecule has 1 rings (SSSR count). The summed E-state index contributed by atoms with van der Waals surface area (Å²) in [5.41, 5.74) is -0.161. The maximum Gasteiger partial charge on any atom is 0.102 e. The Morgan fingerprint density at radius 1 is 1.45 bits per heavy atom. The molecule has 0 spiro atoms. The number of epoxide rings is 1. The Balaban J connectivity index is 2.34. The van der Waals surface area contributed by atoms with Gasteiger partial charge in [0.2, 0.25) is 0 Å². The van der Waals surface area contributed by atoms with Crippen LogP contribution in [-0.2, 0) is 9.47 Å². The zero-order valence-corrected chi connectivity index (χ0v) is 7.63. The van der Waals surface area contributed by atoms with E-state index in [1.54, 1.807) is 7.11 Å². The average molecular weight is 156 g/mol. The first kappa shape index (κ1) is 8.75. The van der Waals surface area contributed by atoms with Crippen LogP contribution in [0.5, 0.6) is 0 Å². The normalized spacial score (nSPS) is 31.3. The van der Waals surface area contributed by atoms with Crippen molar-refractivity contribution in [2.75, 3.05) is 7.11 Å². The van der Waals surface area contributed by atoms with Crippen molar-refractivity contribution in [2.24, 2.45) is 0 Å². The van der Waals surface area contributed by atoms with Crippen LogP contribution in [-0.4, -0.2) is 24.9 Å². The monoisotopic (exact) mass is 156 g/mol. The minimum atomic E-state index is -0.161. The van der Waals surface area contributed by atoms with Gasteiger partial charge in [-0.2, -0.15) is 0 Å². The van der Waals surface area contributed by atoms with E-state index in [0.29, 0.717) is 12.2 Å². The van der Waals surface area contributed by atoms with Crippen molar-refractivity contribution in [3.05, 3.63) is 12.2 Å². The smallest absolute Gasteiger partial charge is 0.102 e. The molecule has 0 N–H and O–H groups in total. The Labute approximate surface area is 68.2 Å². The number of hydrogen-bond donors (Lipinski definition) is 0. The SMILES string of the molecule is COC(C)(C)/C=C/C1OC1C. The fourth-order valence-corrected chi connectivity index (χ4v) is 0.799. The van der Waals surface area contributed by atoms with Crippen LogP contribution >= 0.6 is 0 Å². The molecule has 0 aliphatic carbocycles. The quantitative estimate of drug-likeness (QED) is 0.458. The summed E-state index contributed by atoms with van der Waals surface area (Å²) in [6.45, 7) is 6.11. The first-order chi connectivity index (χ1) is 5.05. The van der Waals surface area contributed by atoms with Crippen molar-refractivity contribution in [3.63, 3.8) is 0 Å². The van der Waals surface area contributed by atoms with Gasteiger partial charge in [-0.1, -0.05) is 12.2 Å². The van der Waals surface area contributed by atoms with E-state index in [4.69, 9.17) is 9.47 Å². The summed E-state index contributed by atoms with van der Waals surface area (Å²) in [5, 5.41) is 0. The average Bonchev–Trinajstić information content (AvgIpc) is 2.63. The summed E-state index contributed by atoms with van der Waals surface area (Å²) < 4.78 is 10.4. The van der Waals surface area contributed by atoms with Crippen molar-refractivity contribution in [1.29, 1.82) is 0 Å². The van der Waals surface area contributed by atoms with Gasteiger partial charge in [-0.3, -0.25) is 0 Å². The Morgan fingerprint density at radius 2 is 2.00 bits per heavy atom. The summed E-state index contributed by atoms with van der Waals surface area (Å²) in [4.78, 5) is 0. The highest BCUT2D eigenvalue weighted by atomic mass is 16.6. The van der Waals surface area contributed by atoms with Crippen LogP contribution in [0.2, 0.25) is 0 Å². The fourth-order valence-electron chi connectivity index (χ4n) is 0.799. The van der Waals surface area contributed by atoms with Crippen molar-refractivity contribution < 1.29 is 9.47 Å². The molecule has 2 heteroatoms. The van der Waals surface area contributed by atoms with E-state index in [1.165, 1.54) is 0 Å². The number of rotatable bonds is 3. The molecular weight excluding hydrogens is 140 g/mol. The van der Waals surface area contributed by atoms with E-state index in [1.807, 2.05) is 19.9 Å². The molecule has 0 bridgehead atoms. The van der Waals surface area contributed by atoms with Gasteiger partial charge in [-0.05, 0) is 20.8 Å². The Kier molecular flexibility index (Phi) is 2.35. The first-order valence-corrected chi connectivity index (χ1v) is 3.95. The minimum Gasteiger partial charge on any atom is -0.375 e. The molecule has 1 fully saturated rings. The lowest BCUT2D eigenvalue weighted by molar-refractivity contribution is 0.0652. The highest BCUT2D eigenvalue weighted by molar-refractivity contribution is 5.06. The summed E-state index contributed by atoms with van der Waals surface area (Å²) in [5.74, 6) is 0. The third kappa shape index (κ3) is 2.64. The lowest BCUT2D eigenvalue weighted by Crippen LogP contribution is -2.18. The highest BCUT2D eigenvalue weighted by Crippen LogP contribution is 2.23. The molecule has 1 aliphatic rings. The van der Waals surface area contributed by atoms with Crippen molar-refractivity contribution in [1.82, 2.24) is 0 Å². The van der Waals surface area contributed by atoms with Crippen molar-refractivity contribution in [3.8, 4) is 0 Å². The summed E-state index contributed by atoms with van der Waals surface area (Å²) in [7, 11) is 1.71. The van der Waals surface area contributed by atoms with Crippen LogP contribution in [0.4, 0.5) is 0 Å². The topological polar surface area (TPSA) is 21.8 Å². The van der Waals surface area contributed by atoms with Gasteiger partial charge in [-0.25, -0.2) is 0 Å². The van der Waals surface area contributed by atoms with Crippen molar-refractivity contribution >= 4 is 0 Å². The van der Waals surface area contributed by atoms with Gasteiger partial charge < -0.3 is 9.47 Å². The van der Waals surface area contributed by atoms with Crippen LogP contribution < -0.4 is 0 Å². The van der Waals surface area contributed by atoms with Gasteiger partial charge in [0, 0.05) is 7.11 Å². The van der Waals surface area contributed by atoms with E-state index < -0.39 is 0 Å². The van der Waals surface area contributed by atoms with Crippen LogP contribution in [0.15, 0.2) is 12.2 Å². The second-order valence-corrected chi connectivity index (χ2v) is 3.47. The Hall–Kier alpha value is -0.340. The summed E-state index contributed by atoms with van der Waals surface area (Å²) in [6, 6.07) is 0. The Morgan fingerprint density at radius 3 is 2.36 bits per heavy atom. The largest absolute Gasteiger partial charge is 0.375 e. The van der Waals surface area contributed by atoms with Gasteiger partial charge >= 0.3 is 0 Å². The number of methoxy groups -OCH3 is 1. The molecule has 64 valence electrons. The third-order valence-corrected chi connectivity index (χ3v) is 1.97. The molecular formula is C9H16O2. The predicted molar refractivity (Wildman–Crippen MR) is 44.6 cm³/mol. The van der Waals surface area contributed by atoms with Crippen LogP contribution in [0.3, 0.4) is 0 Å². The molecule has 0 saturated carbocycles. The van der Waals surface area contributed by atoms with E-state index in [-0.39, 0.29) is 5.60 Å². The minimum absolute atomic E-state index is 0.161. The molecule has 1 heterocycles. The van der Waals surface area contributed by atoms with Crippen LogP contribution in [0, 0.1) is 0 Å². The molecule has 2 unspecified atom stereocenters. The molecule has 0 radical (unpaired) electrons. The molecule has 0 aromatic carbocycles. The third-order valence-electron chi connectivity index (χ3n) is 1.97. The maximum absolute atomic E-state index is 5.21. The second kappa shape index (κ2) is 2.95. The van der Waals surface area contributed by atoms with E-state index >= 15 is 0 Å². The van der Waals surface area contributed by atoms with Crippen LogP contribution in [0.1, 0.15) is 20.8 Å². The van der Waals surface area contributed by atoms with E-state index in [0.717, 1.165) is 0 Å². The zero-order valence-electron chi connectivity index (χ0n) is 7.63. The Bertz CT molecular complexity index is 161. The fraction of sp³-hybridized carbons (Fsp3) is 0.778. The van der Waals surface area contributed by atoms with Gasteiger partial charge in [0.15, 0.2) is 0 Å². The number of hydrogen-bond acceptors (Lipinski definition) is 2. The van der Waals surface area contributed by atoms with E-state index in [2.05, 4.69) is 13.0 Å². The molecule has 1 aliphatic heterocycles. The summed E-state index contributed by atoms with van der Waals surface area (Å²) in [6.07, 6.45) is 4.83. The zero-order chi connectivity index (χ0) is 8.48. The standard InChI is InChI=1S/C9H16O2/c1-7-8(11-7)5-6-9(2,3)10-4/h5-8H,1-4H3/b6-5+. The van der Waals surface area contributed by atoms with Crippen molar-refractivity contribution in [2.45, 2.75) is 38.6 Å². The summed E-state index contributed by atoms with van der Waals surface area (Å²) >= 11 is 0. The van der Waals surface area contributed by atoms with Gasteiger partial charge in [0.1, 0.15) is 6.10 Å². The molecule has 0 aromatic heterocycles. The lowest BCUT2D eigenvalue weighted by atomic mass is 10.1. The predicted octanol–water partition coefficient (Wildman–Crippen LogP) is 1.75. The highest BCUT2D eigenvalue weighted by Gasteiger charge is 2.31. The van der Waals surface area contributed by atoms with Gasteiger partial charge in [-0.15, -0.1) is 0 Å². The number of ether oxygens (including phenoxy) is 2. The molecule has 11 heavy (non-hydrogen) atoms. The second-order valence-electron chi connectivity index (χ2n) is 3.47. The lowest BCUT2D eigenvalue weighted by Gasteiger charge is -2.17. The van der Waals surface area contributed by atoms with E-state index in [9.17, 15) is 0 Å². The molecule has 0 amide bonds. The van der Waals surface area contributed by atoms with Crippen LogP contribution in [0.25, 0.3) is 0 Å². The maximum atomic E-state index is 5.21. The van der Waals surface area contributed by atoms with Gasteiger partial charge in [0.25, 0.3) is 0 Å². The van der Waals surface area contributed by atoms with Gasteiger partial charge in [0.05, 0.1) is 11.7 Å². The first-order valence-electron chi connectivity index (χ1n) is 3.95.